The summed E-state index contributed by atoms with van der Waals surface area (Å²) in [5.41, 5.74) is 3.98. The predicted molar refractivity (Wildman–Crippen MR) is 108 cm³/mol. The number of hydrogen-bond acceptors (Lipinski definition) is 7. The van der Waals surface area contributed by atoms with Gasteiger partial charge in [-0.15, -0.1) is 0 Å². The van der Waals surface area contributed by atoms with Crippen LogP contribution in [0.25, 0.3) is 11.2 Å². The van der Waals surface area contributed by atoms with Crippen LogP contribution >= 0.6 is 0 Å². The summed E-state index contributed by atoms with van der Waals surface area (Å²) in [6.07, 6.45) is 5.24. The molecule has 1 saturated heterocycles. The van der Waals surface area contributed by atoms with Gasteiger partial charge >= 0.3 is 0 Å². The van der Waals surface area contributed by atoms with E-state index in [9.17, 15) is 5.11 Å². The van der Waals surface area contributed by atoms with Crippen molar-refractivity contribution in [2.45, 2.75) is 19.4 Å². The molecule has 0 aliphatic carbocycles. The molecule has 5 rings (SSSR count). The lowest BCUT2D eigenvalue weighted by molar-refractivity contribution is -0.144. The van der Waals surface area contributed by atoms with Crippen molar-refractivity contribution in [3.8, 4) is 5.75 Å². The number of aromatic nitrogens is 4. The highest BCUT2D eigenvalue weighted by molar-refractivity contribution is 5.83. The van der Waals surface area contributed by atoms with Gasteiger partial charge in [0.1, 0.15) is 12.1 Å². The van der Waals surface area contributed by atoms with E-state index >= 15 is 0 Å². The summed E-state index contributed by atoms with van der Waals surface area (Å²) in [5, 5.41) is 9.76. The van der Waals surface area contributed by atoms with Gasteiger partial charge in [-0.3, -0.25) is 0 Å². The SMILES string of the molecule is COc1cccc2c1CCN(c1ncnc3c1ncn3CC1(CO)COC1)CC2. The number of benzene rings is 1. The Morgan fingerprint density at radius 1 is 1.17 bits per heavy atom. The maximum atomic E-state index is 9.76. The topological polar surface area (TPSA) is 85.5 Å². The van der Waals surface area contributed by atoms with Crippen LogP contribution < -0.4 is 9.64 Å². The molecule has 8 heteroatoms. The minimum absolute atomic E-state index is 0.0941. The van der Waals surface area contributed by atoms with Crippen LogP contribution in [0.2, 0.25) is 0 Å². The van der Waals surface area contributed by atoms with Crippen LogP contribution in [-0.2, 0) is 24.1 Å². The monoisotopic (exact) mass is 395 g/mol. The summed E-state index contributed by atoms with van der Waals surface area (Å²) in [5.74, 6) is 1.82. The molecule has 0 radical (unpaired) electrons. The summed E-state index contributed by atoms with van der Waals surface area (Å²) >= 11 is 0. The average Bonchev–Trinajstić information content (AvgIpc) is 3.00. The molecule has 1 N–H and O–H groups in total. The Kier molecular flexibility index (Phi) is 4.60. The number of nitrogens with zero attached hydrogens (tertiary/aromatic N) is 5. The quantitative estimate of drug-likeness (QED) is 0.700. The van der Waals surface area contributed by atoms with Crippen LogP contribution in [-0.4, -0.2) is 64.6 Å². The van der Waals surface area contributed by atoms with E-state index in [-0.39, 0.29) is 12.0 Å². The molecule has 0 bridgehead atoms. The van der Waals surface area contributed by atoms with Gasteiger partial charge in [0.05, 0.1) is 38.7 Å². The number of imidazole rings is 1. The highest BCUT2D eigenvalue weighted by Gasteiger charge is 2.39. The van der Waals surface area contributed by atoms with Crippen molar-refractivity contribution in [3.05, 3.63) is 42.0 Å². The first-order chi connectivity index (χ1) is 14.2. The lowest BCUT2D eigenvalue weighted by atomic mass is 9.87. The molecular weight excluding hydrogens is 370 g/mol. The van der Waals surface area contributed by atoms with Crippen molar-refractivity contribution in [1.29, 1.82) is 0 Å². The first-order valence-corrected chi connectivity index (χ1v) is 9.97. The molecule has 0 amide bonds. The fraction of sp³-hybridized carbons (Fsp3) is 0.476. The van der Waals surface area contributed by atoms with E-state index in [1.165, 1.54) is 11.1 Å². The van der Waals surface area contributed by atoms with Gasteiger partial charge in [0.25, 0.3) is 0 Å². The van der Waals surface area contributed by atoms with Crippen LogP contribution in [0.15, 0.2) is 30.9 Å². The van der Waals surface area contributed by atoms with Crippen LogP contribution in [0.4, 0.5) is 5.82 Å². The number of hydrogen-bond donors (Lipinski definition) is 1. The van der Waals surface area contributed by atoms with Gasteiger partial charge in [0.15, 0.2) is 17.0 Å². The second-order valence-corrected chi connectivity index (χ2v) is 7.98. The zero-order valence-corrected chi connectivity index (χ0v) is 16.5. The minimum atomic E-state index is -0.237. The van der Waals surface area contributed by atoms with E-state index in [1.54, 1.807) is 19.8 Å². The molecule has 2 aromatic heterocycles. The minimum Gasteiger partial charge on any atom is -0.496 e. The first kappa shape index (κ1) is 18.3. The molecule has 8 nitrogen and oxygen atoms in total. The van der Waals surface area contributed by atoms with Crippen LogP contribution in [0.3, 0.4) is 0 Å². The summed E-state index contributed by atoms with van der Waals surface area (Å²) in [6, 6.07) is 6.26. The smallest absolute Gasteiger partial charge is 0.165 e. The van der Waals surface area contributed by atoms with Crippen molar-refractivity contribution in [3.63, 3.8) is 0 Å². The molecule has 2 aliphatic heterocycles. The zero-order chi connectivity index (χ0) is 19.8. The fourth-order valence-electron chi connectivity index (χ4n) is 4.35. The third kappa shape index (κ3) is 3.12. The molecule has 2 aliphatic rings. The van der Waals surface area contributed by atoms with E-state index in [2.05, 4.69) is 32.0 Å². The fourth-order valence-corrected chi connectivity index (χ4v) is 4.35. The summed E-state index contributed by atoms with van der Waals surface area (Å²) in [6.45, 7) is 3.57. The highest BCUT2D eigenvalue weighted by Crippen LogP contribution is 2.32. The number of aliphatic hydroxyl groups is 1. The third-order valence-electron chi connectivity index (χ3n) is 6.07. The van der Waals surface area contributed by atoms with Crippen LogP contribution in [0.1, 0.15) is 11.1 Å². The summed E-state index contributed by atoms with van der Waals surface area (Å²) in [7, 11) is 1.73. The Morgan fingerprint density at radius 3 is 2.79 bits per heavy atom. The molecule has 0 unspecified atom stereocenters. The second kappa shape index (κ2) is 7.27. The van der Waals surface area contributed by atoms with Crippen LogP contribution in [0.5, 0.6) is 5.75 Å². The van der Waals surface area contributed by atoms with Crippen molar-refractivity contribution < 1.29 is 14.6 Å². The molecule has 3 aromatic rings. The van der Waals surface area contributed by atoms with Gasteiger partial charge in [-0.05, 0) is 30.0 Å². The number of ether oxygens (including phenoxy) is 2. The molecule has 29 heavy (non-hydrogen) atoms. The predicted octanol–water partition coefficient (Wildman–Crippen LogP) is 1.45. The Balaban J connectivity index is 1.44. The molecule has 152 valence electrons. The Bertz CT molecular complexity index is 1020. The highest BCUT2D eigenvalue weighted by atomic mass is 16.5. The molecule has 1 aromatic carbocycles. The molecule has 0 saturated carbocycles. The van der Waals surface area contributed by atoms with E-state index in [0.717, 1.165) is 48.7 Å². The van der Waals surface area contributed by atoms with E-state index in [0.29, 0.717) is 19.8 Å². The van der Waals surface area contributed by atoms with Crippen molar-refractivity contribution in [2.75, 3.05) is 44.9 Å². The Labute approximate surface area is 169 Å². The van der Waals surface area contributed by atoms with E-state index in [1.807, 2.05) is 10.6 Å². The molecule has 1 fully saturated rings. The maximum Gasteiger partial charge on any atom is 0.165 e. The third-order valence-corrected chi connectivity index (χ3v) is 6.07. The van der Waals surface area contributed by atoms with Crippen molar-refractivity contribution in [2.24, 2.45) is 5.41 Å². The lowest BCUT2D eigenvalue weighted by Crippen LogP contribution is -2.48. The van der Waals surface area contributed by atoms with Crippen molar-refractivity contribution in [1.82, 2.24) is 19.5 Å². The van der Waals surface area contributed by atoms with Crippen molar-refractivity contribution >= 4 is 17.0 Å². The van der Waals surface area contributed by atoms with E-state index in [4.69, 9.17) is 9.47 Å². The summed E-state index contributed by atoms with van der Waals surface area (Å²) in [4.78, 5) is 16.0. The Morgan fingerprint density at radius 2 is 2.03 bits per heavy atom. The first-order valence-electron chi connectivity index (χ1n) is 9.97. The zero-order valence-electron chi connectivity index (χ0n) is 16.5. The number of aliphatic hydroxyl groups excluding tert-OH is 1. The van der Waals surface area contributed by atoms with Gasteiger partial charge in [0, 0.05) is 19.6 Å². The number of anilines is 1. The molecule has 0 spiro atoms. The van der Waals surface area contributed by atoms with Crippen LogP contribution in [0, 0.1) is 5.41 Å². The summed E-state index contributed by atoms with van der Waals surface area (Å²) < 4.78 is 12.9. The van der Waals surface area contributed by atoms with Gasteiger partial charge in [-0.1, -0.05) is 12.1 Å². The average molecular weight is 395 g/mol. The number of fused-ring (bicyclic) bond motifs is 2. The number of methoxy groups -OCH3 is 1. The molecule has 0 atom stereocenters. The molecule has 4 heterocycles. The van der Waals surface area contributed by atoms with Gasteiger partial charge < -0.3 is 24.0 Å². The van der Waals surface area contributed by atoms with Gasteiger partial charge in [0.2, 0.25) is 0 Å². The second-order valence-electron chi connectivity index (χ2n) is 7.98. The molecular formula is C21H25N5O3. The largest absolute Gasteiger partial charge is 0.496 e. The number of rotatable bonds is 5. The lowest BCUT2D eigenvalue weighted by Gasteiger charge is -2.39. The normalized spacial score (nSPS) is 18.2. The van der Waals surface area contributed by atoms with Gasteiger partial charge in [-0.2, -0.15) is 0 Å². The van der Waals surface area contributed by atoms with Gasteiger partial charge in [-0.25, -0.2) is 15.0 Å². The maximum absolute atomic E-state index is 9.76. The standard InChI is InChI=1S/C21H25N5O3/c1-28-17-4-2-3-15-5-7-25(8-6-16(15)17)19-18-20(23-13-22-19)26(14-24-18)9-21(10-27)11-29-12-21/h2-4,13-14,27H,5-12H2,1H3. The van der Waals surface area contributed by atoms with E-state index < -0.39 is 0 Å². The Hall–Kier alpha value is -2.71.